The molecule has 0 aliphatic carbocycles. The van der Waals surface area contributed by atoms with Crippen LogP contribution < -0.4 is 11.5 Å². The number of nitrogens with zero attached hydrogens (tertiary/aromatic N) is 3. The highest BCUT2D eigenvalue weighted by Crippen LogP contribution is 2.13. The lowest BCUT2D eigenvalue weighted by Crippen LogP contribution is -2.13. The Balaban J connectivity index is 2.38. The Morgan fingerprint density at radius 1 is 1.38 bits per heavy atom. The topological polar surface area (TPSA) is 99.8 Å². The van der Waals surface area contributed by atoms with E-state index in [4.69, 9.17) is 11.5 Å². The van der Waals surface area contributed by atoms with Gasteiger partial charge in [-0.1, -0.05) is 6.07 Å². The van der Waals surface area contributed by atoms with E-state index in [9.17, 15) is 4.79 Å². The van der Waals surface area contributed by atoms with Gasteiger partial charge in [0.15, 0.2) is 0 Å². The standard InChI is InChI=1S/C10H11N5O/c1-6-2-3-7(4-8(6)11)9(16)15-5-13-10(12)14-15/h2-5H,11H2,1H3,(H2,12,14). The third-order valence-electron chi connectivity index (χ3n) is 2.24. The first kappa shape index (κ1) is 10.2. The molecule has 82 valence electrons. The molecule has 16 heavy (non-hydrogen) atoms. The van der Waals surface area contributed by atoms with Gasteiger partial charge in [-0.3, -0.25) is 4.79 Å². The van der Waals surface area contributed by atoms with Crippen LogP contribution >= 0.6 is 0 Å². The molecule has 0 atom stereocenters. The Morgan fingerprint density at radius 2 is 2.12 bits per heavy atom. The maximum absolute atomic E-state index is 11.9. The van der Waals surface area contributed by atoms with Crippen LogP contribution in [0.25, 0.3) is 0 Å². The van der Waals surface area contributed by atoms with E-state index >= 15 is 0 Å². The normalized spacial score (nSPS) is 10.3. The quantitative estimate of drug-likeness (QED) is 0.675. The maximum Gasteiger partial charge on any atom is 0.279 e. The van der Waals surface area contributed by atoms with Gasteiger partial charge >= 0.3 is 0 Å². The Hall–Kier alpha value is -2.37. The number of anilines is 2. The number of carbonyl (C=O) groups excluding carboxylic acids is 1. The zero-order chi connectivity index (χ0) is 11.7. The second-order valence-corrected chi connectivity index (χ2v) is 3.42. The van der Waals surface area contributed by atoms with Crippen molar-refractivity contribution in [3.63, 3.8) is 0 Å². The van der Waals surface area contributed by atoms with Gasteiger partial charge in [0, 0.05) is 11.3 Å². The molecule has 1 aromatic heterocycles. The van der Waals surface area contributed by atoms with Crippen molar-refractivity contribution in [2.24, 2.45) is 0 Å². The van der Waals surface area contributed by atoms with Gasteiger partial charge in [0.25, 0.3) is 5.91 Å². The Kier molecular flexibility index (Phi) is 2.32. The average molecular weight is 217 g/mol. The molecule has 0 amide bonds. The number of benzene rings is 1. The fourth-order valence-electron chi connectivity index (χ4n) is 1.28. The van der Waals surface area contributed by atoms with Crippen LogP contribution in [-0.4, -0.2) is 20.7 Å². The van der Waals surface area contributed by atoms with Crippen molar-refractivity contribution in [1.82, 2.24) is 14.8 Å². The predicted molar refractivity (Wildman–Crippen MR) is 59.8 cm³/mol. The van der Waals surface area contributed by atoms with E-state index in [1.165, 1.54) is 6.33 Å². The minimum absolute atomic E-state index is 0.0634. The summed E-state index contributed by atoms with van der Waals surface area (Å²) in [6.45, 7) is 1.87. The molecule has 0 saturated heterocycles. The van der Waals surface area contributed by atoms with Gasteiger partial charge in [-0.25, -0.2) is 4.98 Å². The van der Waals surface area contributed by atoms with Crippen LogP contribution in [0.15, 0.2) is 24.5 Å². The maximum atomic E-state index is 11.9. The van der Waals surface area contributed by atoms with Crippen molar-refractivity contribution in [2.75, 3.05) is 11.5 Å². The van der Waals surface area contributed by atoms with Gasteiger partial charge in [0.2, 0.25) is 5.95 Å². The van der Waals surface area contributed by atoms with E-state index in [-0.39, 0.29) is 11.9 Å². The van der Waals surface area contributed by atoms with Crippen LogP contribution in [0.3, 0.4) is 0 Å². The zero-order valence-electron chi connectivity index (χ0n) is 8.71. The molecule has 0 saturated carbocycles. The molecule has 0 aliphatic rings. The van der Waals surface area contributed by atoms with Gasteiger partial charge in [-0.2, -0.15) is 4.68 Å². The summed E-state index contributed by atoms with van der Waals surface area (Å²) in [5.74, 6) is -0.246. The van der Waals surface area contributed by atoms with Crippen LogP contribution in [0.4, 0.5) is 11.6 Å². The Labute approximate surface area is 91.9 Å². The molecule has 2 aromatic rings. The van der Waals surface area contributed by atoms with Gasteiger partial charge in [-0.15, -0.1) is 5.10 Å². The molecule has 0 spiro atoms. The van der Waals surface area contributed by atoms with E-state index < -0.39 is 0 Å². The van der Waals surface area contributed by atoms with Gasteiger partial charge in [0.05, 0.1) is 0 Å². The molecular weight excluding hydrogens is 206 g/mol. The lowest BCUT2D eigenvalue weighted by atomic mass is 10.1. The van der Waals surface area contributed by atoms with Crippen molar-refractivity contribution in [3.05, 3.63) is 35.7 Å². The summed E-state index contributed by atoms with van der Waals surface area (Å²) in [6, 6.07) is 5.07. The number of nitrogen functional groups attached to an aromatic ring is 2. The van der Waals surface area contributed by atoms with Crippen LogP contribution in [-0.2, 0) is 0 Å². The third-order valence-corrected chi connectivity index (χ3v) is 2.24. The fourth-order valence-corrected chi connectivity index (χ4v) is 1.28. The molecular formula is C10H11N5O. The lowest BCUT2D eigenvalue weighted by Gasteiger charge is -2.03. The molecule has 0 radical (unpaired) electrons. The van der Waals surface area contributed by atoms with Crippen LogP contribution in [0.1, 0.15) is 15.9 Å². The zero-order valence-corrected chi connectivity index (χ0v) is 8.71. The van der Waals surface area contributed by atoms with Crippen molar-refractivity contribution >= 4 is 17.5 Å². The number of rotatable bonds is 1. The average Bonchev–Trinajstić information content (AvgIpc) is 2.68. The SMILES string of the molecule is Cc1ccc(C(=O)n2cnc(N)n2)cc1N. The molecule has 0 bridgehead atoms. The first-order chi connectivity index (χ1) is 7.58. The second kappa shape index (κ2) is 3.65. The van der Waals surface area contributed by atoms with Crippen LogP contribution in [0, 0.1) is 6.92 Å². The second-order valence-electron chi connectivity index (χ2n) is 3.42. The van der Waals surface area contributed by atoms with E-state index in [1.54, 1.807) is 18.2 Å². The molecule has 0 aliphatic heterocycles. The summed E-state index contributed by atoms with van der Waals surface area (Å²) in [4.78, 5) is 15.6. The molecule has 6 heteroatoms. The first-order valence-corrected chi connectivity index (χ1v) is 4.66. The van der Waals surface area contributed by atoms with Crippen molar-refractivity contribution < 1.29 is 4.79 Å². The molecule has 4 N–H and O–H groups in total. The minimum Gasteiger partial charge on any atom is -0.398 e. The van der Waals surface area contributed by atoms with Gasteiger partial charge in [0.1, 0.15) is 6.33 Å². The Bertz CT molecular complexity index is 546. The van der Waals surface area contributed by atoms with E-state index in [2.05, 4.69) is 10.1 Å². The summed E-state index contributed by atoms with van der Waals surface area (Å²) < 4.78 is 1.08. The number of hydrogen-bond donors (Lipinski definition) is 2. The van der Waals surface area contributed by atoms with Crippen molar-refractivity contribution in [1.29, 1.82) is 0 Å². The highest BCUT2D eigenvalue weighted by Gasteiger charge is 2.10. The smallest absolute Gasteiger partial charge is 0.279 e. The summed E-state index contributed by atoms with van der Waals surface area (Å²) in [7, 11) is 0. The summed E-state index contributed by atoms with van der Waals surface area (Å²) in [6.07, 6.45) is 1.27. The number of aromatic nitrogens is 3. The first-order valence-electron chi connectivity index (χ1n) is 4.66. The number of hydrogen-bond acceptors (Lipinski definition) is 5. The molecule has 2 rings (SSSR count). The number of nitrogens with two attached hydrogens (primary N) is 2. The molecule has 1 aromatic carbocycles. The molecule has 0 unspecified atom stereocenters. The Morgan fingerprint density at radius 3 is 2.69 bits per heavy atom. The molecule has 6 nitrogen and oxygen atoms in total. The lowest BCUT2D eigenvalue weighted by molar-refractivity contribution is 0.0945. The van der Waals surface area contributed by atoms with Gasteiger partial charge in [-0.05, 0) is 24.6 Å². The minimum atomic E-state index is -0.309. The number of carbonyl (C=O) groups is 1. The molecule has 1 heterocycles. The number of aryl methyl sites for hydroxylation is 1. The fraction of sp³-hybridized carbons (Fsp3) is 0.100. The third kappa shape index (κ3) is 1.72. The van der Waals surface area contributed by atoms with Crippen LogP contribution in [0.2, 0.25) is 0 Å². The van der Waals surface area contributed by atoms with Gasteiger partial charge < -0.3 is 11.5 Å². The summed E-state index contributed by atoms with van der Waals surface area (Å²) in [5.41, 5.74) is 13.0. The highest BCUT2D eigenvalue weighted by molar-refractivity contribution is 5.96. The van der Waals surface area contributed by atoms with E-state index in [0.717, 1.165) is 10.2 Å². The van der Waals surface area contributed by atoms with Crippen LogP contribution in [0.5, 0.6) is 0 Å². The van der Waals surface area contributed by atoms with E-state index in [1.807, 2.05) is 6.92 Å². The van der Waals surface area contributed by atoms with Crippen molar-refractivity contribution in [3.8, 4) is 0 Å². The summed E-state index contributed by atoms with van der Waals surface area (Å²) >= 11 is 0. The van der Waals surface area contributed by atoms with Crippen molar-refractivity contribution in [2.45, 2.75) is 6.92 Å². The largest absolute Gasteiger partial charge is 0.398 e. The molecule has 0 fully saturated rings. The highest BCUT2D eigenvalue weighted by atomic mass is 16.2. The van der Waals surface area contributed by atoms with E-state index in [0.29, 0.717) is 11.3 Å². The predicted octanol–water partition coefficient (Wildman–Crippen LogP) is 0.439. The summed E-state index contributed by atoms with van der Waals surface area (Å²) in [5, 5.41) is 3.73. The monoisotopic (exact) mass is 217 g/mol.